The predicted octanol–water partition coefficient (Wildman–Crippen LogP) is 3.78. The molecule has 0 aliphatic carbocycles. The number of benzene rings is 2. The summed E-state index contributed by atoms with van der Waals surface area (Å²) < 4.78 is 5.79. The normalized spacial score (nSPS) is 18.2. The molecule has 1 aliphatic heterocycles. The van der Waals surface area contributed by atoms with Crippen molar-refractivity contribution < 1.29 is 4.74 Å². The lowest BCUT2D eigenvalue weighted by molar-refractivity contribution is 0.302. The Kier molecular flexibility index (Phi) is 3.06. The topological polar surface area (TPSA) is 9.23 Å². The molecule has 1 unspecified atom stereocenters. The van der Waals surface area contributed by atoms with Crippen molar-refractivity contribution in [3.8, 4) is 5.75 Å². The molecule has 86 valence electrons. The van der Waals surface area contributed by atoms with E-state index in [1.54, 1.807) is 0 Å². The van der Waals surface area contributed by atoms with Gasteiger partial charge in [-0.05, 0) is 24.1 Å². The second-order valence-corrected chi connectivity index (χ2v) is 5.53. The van der Waals surface area contributed by atoms with Crippen molar-refractivity contribution in [2.24, 2.45) is 0 Å². The van der Waals surface area contributed by atoms with E-state index >= 15 is 0 Å². The smallest absolute Gasteiger partial charge is 0.132 e. The summed E-state index contributed by atoms with van der Waals surface area (Å²) in [4.78, 5) is 1.26. The number of ether oxygens (including phenoxy) is 1. The van der Waals surface area contributed by atoms with Gasteiger partial charge in [-0.3, -0.25) is 0 Å². The third-order valence-corrected chi connectivity index (χ3v) is 4.10. The van der Waals surface area contributed by atoms with Gasteiger partial charge in [0.05, 0.1) is 0 Å². The Morgan fingerprint density at radius 2 is 1.76 bits per heavy atom. The standard InChI is InChI=1S/C15H14OS/c1-2-6-12(7-3-1)10-13-11-16-14-8-4-5-9-15(14)17-13/h1-9,13H,10-11H2. The van der Waals surface area contributed by atoms with Crippen molar-refractivity contribution in [1.29, 1.82) is 0 Å². The van der Waals surface area contributed by atoms with Gasteiger partial charge >= 0.3 is 0 Å². The molecule has 1 atom stereocenters. The molecule has 0 aromatic heterocycles. The Balaban J connectivity index is 1.72. The van der Waals surface area contributed by atoms with Crippen molar-refractivity contribution in [2.75, 3.05) is 6.61 Å². The molecule has 0 amide bonds. The molecule has 2 heteroatoms. The fraction of sp³-hybridized carbons (Fsp3) is 0.200. The summed E-state index contributed by atoms with van der Waals surface area (Å²) in [7, 11) is 0. The van der Waals surface area contributed by atoms with Gasteiger partial charge in [0.15, 0.2) is 0 Å². The van der Waals surface area contributed by atoms with E-state index in [0.717, 1.165) is 18.8 Å². The molecule has 0 N–H and O–H groups in total. The largest absolute Gasteiger partial charge is 0.491 e. The molecule has 2 aromatic rings. The molecule has 0 saturated heterocycles. The zero-order chi connectivity index (χ0) is 11.5. The van der Waals surface area contributed by atoms with Crippen LogP contribution < -0.4 is 4.74 Å². The Hall–Kier alpha value is -1.41. The fourth-order valence-corrected chi connectivity index (χ4v) is 3.21. The first-order chi connectivity index (χ1) is 8.42. The third kappa shape index (κ3) is 2.47. The van der Waals surface area contributed by atoms with Crippen molar-refractivity contribution >= 4 is 11.8 Å². The van der Waals surface area contributed by atoms with Crippen LogP contribution in [0.3, 0.4) is 0 Å². The van der Waals surface area contributed by atoms with Crippen LogP contribution in [0.25, 0.3) is 0 Å². The van der Waals surface area contributed by atoms with Crippen LogP contribution in [-0.4, -0.2) is 11.9 Å². The van der Waals surface area contributed by atoms with Crippen molar-refractivity contribution in [1.82, 2.24) is 0 Å². The lowest BCUT2D eigenvalue weighted by Gasteiger charge is -2.24. The number of para-hydroxylation sites is 1. The maximum Gasteiger partial charge on any atom is 0.132 e. The minimum absolute atomic E-state index is 0.521. The maximum atomic E-state index is 5.79. The number of hydrogen-bond acceptors (Lipinski definition) is 2. The predicted molar refractivity (Wildman–Crippen MR) is 71.7 cm³/mol. The number of hydrogen-bond donors (Lipinski definition) is 0. The SMILES string of the molecule is c1ccc(CC2COc3ccccc3S2)cc1. The molecule has 1 aliphatic rings. The first-order valence-corrected chi connectivity index (χ1v) is 6.72. The second-order valence-electron chi connectivity index (χ2n) is 4.19. The van der Waals surface area contributed by atoms with Crippen LogP contribution in [0.1, 0.15) is 5.56 Å². The summed E-state index contributed by atoms with van der Waals surface area (Å²) in [6.07, 6.45) is 1.07. The van der Waals surface area contributed by atoms with Crippen molar-refractivity contribution in [2.45, 2.75) is 16.6 Å². The maximum absolute atomic E-state index is 5.79. The highest BCUT2D eigenvalue weighted by molar-refractivity contribution is 8.00. The van der Waals surface area contributed by atoms with Crippen molar-refractivity contribution in [3.63, 3.8) is 0 Å². The molecule has 0 saturated carbocycles. The van der Waals surface area contributed by atoms with Gasteiger partial charge in [0.2, 0.25) is 0 Å². The minimum atomic E-state index is 0.521. The first kappa shape index (κ1) is 10.7. The van der Waals surface area contributed by atoms with Gasteiger partial charge in [0.1, 0.15) is 12.4 Å². The lowest BCUT2D eigenvalue weighted by Crippen LogP contribution is -2.21. The first-order valence-electron chi connectivity index (χ1n) is 5.84. The van der Waals surface area contributed by atoms with E-state index < -0.39 is 0 Å². The molecule has 0 fully saturated rings. The summed E-state index contributed by atoms with van der Waals surface area (Å²) in [6.45, 7) is 0.802. The number of fused-ring (bicyclic) bond motifs is 1. The highest BCUT2D eigenvalue weighted by Gasteiger charge is 2.20. The Bertz CT molecular complexity index is 495. The quantitative estimate of drug-likeness (QED) is 0.792. The molecule has 1 heterocycles. The van der Waals surface area contributed by atoms with Crippen LogP contribution in [0.5, 0.6) is 5.75 Å². The van der Waals surface area contributed by atoms with E-state index in [-0.39, 0.29) is 0 Å². The highest BCUT2D eigenvalue weighted by atomic mass is 32.2. The Morgan fingerprint density at radius 3 is 2.65 bits per heavy atom. The molecule has 3 rings (SSSR count). The molecule has 0 radical (unpaired) electrons. The van der Waals surface area contributed by atoms with E-state index in [1.165, 1.54) is 10.5 Å². The average Bonchev–Trinajstić information content (AvgIpc) is 2.40. The monoisotopic (exact) mass is 242 g/mol. The fourth-order valence-electron chi connectivity index (χ4n) is 2.04. The Morgan fingerprint density at radius 1 is 1.00 bits per heavy atom. The van der Waals surface area contributed by atoms with Crippen LogP contribution in [-0.2, 0) is 6.42 Å². The molecule has 17 heavy (non-hydrogen) atoms. The van der Waals surface area contributed by atoms with Gasteiger partial charge in [-0.2, -0.15) is 0 Å². The van der Waals surface area contributed by atoms with Gasteiger partial charge in [0, 0.05) is 10.1 Å². The summed E-state index contributed by atoms with van der Waals surface area (Å²) in [5, 5.41) is 0.521. The summed E-state index contributed by atoms with van der Waals surface area (Å²) in [6, 6.07) is 18.9. The van der Waals surface area contributed by atoms with Gasteiger partial charge in [-0.25, -0.2) is 0 Å². The van der Waals surface area contributed by atoms with E-state index in [0.29, 0.717) is 5.25 Å². The second kappa shape index (κ2) is 4.84. The number of thioether (sulfide) groups is 1. The molecule has 0 bridgehead atoms. The summed E-state index contributed by atoms with van der Waals surface area (Å²) in [5.74, 6) is 1.03. The van der Waals surface area contributed by atoms with E-state index in [2.05, 4.69) is 42.5 Å². The zero-order valence-electron chi connectivity index (χ0n) is 9.50. The molecular weight excluding hydrogens is 228 g/mol. The summed E-state index contributed by atoms with van der Waals surface area (Å²) in [5.41, 5.74) is 1.38. The van der Waals surface area contributed by atoms with Crippen LogP contribution in [0.2, 0.25) is 0 Å². The number of rotatable bonds is 2. The van der Waals surface area contributed by atoms with Crippen LogP contribution in [0, 0.1) is 0 Å². The average molecular weight is 242 g/mol. The molecule has 2 aromatic carbocycles. The van der Waals surface area contributed by atoms with Crippen LogP contribution in [0.4, 0.5) is 0 Å². The lowest BCUT2D eigenvalue weighted by atomic mass is 10.1. The van der Waals surface area contributed by atoms with Crippen LogP contribution in [0.15, 0.2) is 59.5 Å². The third-order valence-electron chi connectivity index (χ3n) is 2.87. The van der Waals surface area contributed by atoms with Gasteiger partial charge in [-0.1, -0.05) is 42.5 Å². The zero-order valence-corrected chi connectivity index (χ0v) is 10.3. The molecule has 0 spiro atoms. The van der Waals surface area contributed by atoms with E-state index in [9.17, 15) is 0 Å². The van der Waals surface area contributed by atoms with E-state index in [1.807, 2.05) is 23.9 Å². The van der Waals surface area contributed by atoms with Gasteiger partial charge < -0.3 is 4.74 Å². The minimum Gasteiger partial charge on any atom is -0.491 e. The van der Waals surface area contributed by atoms with Crippen LogP contribution >= 0.6 is 11.8 Å². The molecular formula is C15H14OS. The summed E-state index contributed by atoms with van der Waals surface area (Å²) >= 11 is 1.93. The highest BCUT2D eigenvalue weighted by Crippen LogP contribution is 2.37. The van der Waals surface area contributed by atoms with Gasteiger partial charge in [-0.15, -0.1) is 11.8 Å². The Labute approximate surface area is 106 Å². The van der Waals surface area contributed by atoms with Gasteiger partial charge in [0.25, 0.3) is 0 Å². The van der Waals surface area contributed by atoms with Crippen molar-refractivity contribution in [3.05, 3.63) is 60.2 Å². The molecule has 1 nitrogen and oxygen atoms in total. The van der Waals surface area contributed by atoms with E-state index in [4.69, 9.17) is 4.74 Å².